The summed E-state index contributed by atoms with van der Waals surface area (Å²) in [6.45, 7) is 3.93. The largest absolute Gasteiger partial charge is 0.481 e. The number of carbonyl (C=O) groups is 2. The van der Waals surface area contributed by atoms with Gasteiger partial charge in [0.05, 0.1) is 19.0 Å². The SMILES string of the molecule is COc1cc(-c2cc(C(=O)N3C[C@H](C)[C@H](C(=O)NC4CCC(O)(C(F)(F)F)CC4)C[C@H]3C)n[nH]2)c(F)cn1. The van der Waals surface area contributed by atoms with Crippen molar-refractivity contribution < 1.29 is 37.0 Å². The number of nitrogens with one attached hydrogen (secondary N) is 2. The number of aliphatic hydroxyl groups is 1. The lowest BCUT2D eigenvalue weighted by atomic mass is 9.80. The molecule has 0 unspecified atom stereocenters. The van der Waals surface area contributed by atoms with E-state index in [0.717, 1.165) is 6.20 Å². The molecule has 0 spiro atoms. The Hall–Kier alpha value is -3.22. The first-order valence-electron chi connectivity index (χ1n) is 12.5. The Morgan fingerprint density at radius 3 is 2.55 bits per heavy atom. The Balaban J connectivity index is 1.37. The summed E-state index contributed by atoms with van der Waals surface area (Å²) >= 11 is 0. The van der Waals surface area contributed by atoms with Crippen LogP contribution in [-0.2, 0) is 4.79 Å². The van der Waals surface area contributed by atoms with Crippen LogP contribution in [0.2, 0.25) is 0 Å². The van der Waals surface area contributed by atoms with E-state index in [1.165, 1.54) is 19.2 Å². The number of amides is 2. The summed E-state index contributed by atoms with van der Waals surface area (Å²) in [7, 11) is 1.40. The van der Waals surface area contributed by atoms with Gasteiger partial charge in [0.15, 0.2) is 17.1 Å². The van der Waals surface area contributed by atoms with E-state index in [-0.39, 0.29) is 66.0 Å². The Labute approximate surface area is 217 Å². The fraction of sp³-hybridized carbons (Fsp3) is 0.600. The van der Waals surface area contributed by atoms with Gasteiger partial charge < -0.3 is 20.1 Å². The summed E-state index contributed by atoms with van der Waals surface area (Å²) in [6, 6.07) is 2.08. The van der Waals surface area contributed by atoms with Crippen LogP contribution in [0.1, 0.15) is 56.4 Å². The van der Waals surface area contributed by atoms with Crippen molar-refractivity contribution in [2.45, 2.75) is 69.8 Å². The highest BCUT2D eigenvalue weighted by atomic mass is 19.4. The van der Waals surface area contributed by atoms with Crippen molar-refractivity contribution in [1.82, 2.24) is 25.4 Å². The van der Waals surface area contributed by atoms with E-state index < -0.39 is 42.4 Å². The van der Waals surface area contributed by atoms with Crippen LogP contribution in [0.15, 0.2) is 18.3 Å². The first-order chi connectivity index (χ1) is 17.8. The maximum absolute atomic E-state index is 14.3. The van der Waals surface area contributed by atoms with E-state index in [9.17, 15) is 32.3 Å². The van der Waals surface area contributed by atoms with E-state index >= 15 is 0 Å². The minimum absolute atomic E-state index is 0.0362. The molecular formula is C25H31F4N5O4. The van der Waals surface area contributed by atoms with Crippen LogP contribution in [0.4, 0.5) is 17.6 Å². The number of aromatic amines is 1. The van der Waals surface area contributed by atoms with E-state index in [2.05, 4.69) is 20.5 Å². The molecule has 2 aliphatic rings. The van der Waals surface area contributed by atoms with Crippen molar-refractivity contribution in [2.24, 2.45) is 11.8 Å². The predicted molar refractivity (Wildman–Crippen MR) is 128 cm³/mol. The minimum Gasteiger partial charge on any atom is -0.481 e. The molecule has 1 aliphatic carbocycles. The van der Waals surface area contributed by atoms with Gasteiger partial charge in [-0.2, -0.15) is 18.3 Å². The van der Waals surface area contributed by atoms with Crippen LogP contribution in [0.3, 0.4) is 0 Å². The first-order valence-corrected chi connectivity index (χ1v) is 12.5. The highest BCUT2D eigenvalue weighted by Crippen LogP contribution is 2.41. The molecule has 9 nitrogen and oxygen atoms in total. The average Bonchev–Trinajstić information content (AvgIpc) is 3.36. The zero-order valence-corrected chi connectivity index (χ0v) is 21.3. The number of nitrogens with zero attached hydrogens (tertiary/aromatic N) is 3. The second-order valence-corrected chi connectivity index (χ2v) is 10.3. The Kier molecular flexibility index (Phi) is 7.69. The summed E-state index contributed by atoms with van der Waals surface area (Å²) in [5.74, 6) is -1.68. The van der Waals surface area contributed by atoms with Gasteiger partial charge in [0.25, 0.3) is 5.91 Å². The smallest absolute Gasteiger partial charge is 0.417 e. The Morgan fingerprint density at radius 1 is 1.24 bits per heavy atom. The van der Waals surface area contributed by atoms with Gasteiger partial charge in [-0.25, -0.2) is 9.37 Å². The highest BCUT2D eigenvalue weighted by molar-refractivity contribution is 5.94. The second-order valence-electron chi connectivity index (χ2n) is 10.3. The molecule has 2 aromatic heterocycles. The van der Waals surface area contributed by atoms with Crippen LogP contribution in [-0.4, -0.2) is 74.5 Å². The van der Waals surface area contributed by atoms with Gasteiger partial charge >= 0.3 is 6.18 Å². The van der Waals surface area contributed by atoms with Gasteiger partial charge in [0.1, 0.15) is 0 Å². The monoisotopic (exact) mass is 541 g/mol. The molecule has 4 rings (SSSR count). The molecule has 38 heavy (non-hydrogen) atoms. The topological polar surface area (TPSA) is 120 Å². The first kappa shape index (κ1) is 27.8. The second kappa shape index (κ2) is 10.5. The van der Waals surface area contributed by atoms with Crippen LogP contribution >= 0.6 is 0 Å². The molecule has 0 bridgehead atoms. The molecule has 208 valence electrons. The van der Waals surface area contributed by atoms with Crippen molar-refractivity contribution in [2.75, 3.05) is 13.7 Å². The number of hydrogen-bond acceptors (Lipinski definition) is 6. The van der Waals surface area contributed by atoms with Gasteiger partial charge in [-0.05, 0) is 51.0 Å². The Bertz CT molecular complexity index is 1180. The standard InChI is InChI=1S/C25H31F4N5O4/c1-13-12-34(23(36)20-10-19(32-33-20)17-9-21(38-3)30-11-18(17)26)14(2)8-16(13)22(35)31-15-4-6-24(37,7-5-15)25(27,28)29/h9-11,13-16,37H,4-8,12H2,1-3H3,(H,31,35)(H,32,33)/t13-,14+,15?,16+,24?/m0/s1. The van der Waals surface area contributed by atoms with Crippen molar-refractivity contribution >= 4 is 11.8 Å². The van der Waals surface area contributed by atoms with E-state index in [1.54, 1.807) is 4.90 Å². The van der Waals surface area contributed by atoms with Gasteiger partial charge in [0, 0.05) is 36.2 Å². The van der Waals surface area contributed by atoms with Crippen molar-refractivity contribution in [3.8, 4) is 17.1 Å². The molecular weight excluding hydrogens is 510 g/mol. The summed E-state index contributed by atoms with van der Waals surface area (Å²) < 4.78 is 58.5. The van der Waals surface area contributed by atoms with Gasteiger partial charge in [-0.1, -0.05) is 6.92 Å². The van der Waals surface area contributed by atoms with Crippen molar-refractivity contribution in [1.29, 1.82) is 0 Å². The fourth-order valence-electron chi connectivity index (χ4n) is 5.28. The molecule has 2 fully saturated rings. The number of halogens is 4. The van der Waals surface area contributed by atoms with Gasteiger partial charge in [-0.3, -0.25) is 14.7 Å². The number of hydrogen-bond donors (Lipinski definition) is 3. The zero-order chi connectivity index (χ0) is 27.8. The number of rotatable bonds is 5. The summed E-state index contributed by atoms with van der Waals surface area (Å²) in [4.78, 5) is 31.7. The molecule has 0 aromatic carbocycles. The van der Waals surface area contributed by atoms with Gasteiger partial charge in [0.2, 0.25) is 11.8 Å². The molecule has 3 N–H and O–H groups in total. The van der Waals surface area contributed by atoms with E-state index in [0.29, 0.717) is 6.42 Å². The van der Waals surface area contributed by atoms with Crippen LogP contribution < -0.4 is 10.1 Å². The fourth-order valence-corrected chi connectivity index (χ4v) is 5.28. The predicted octanol–water partition coefficient (Wildman–Crippen LogP) is 3.46. The quantitative estimate of drug-likeness (QED) is 0.499. The molecule has 0 radical (unpaired) electrons. The summed E-state index contributed by atoms with van der Waals surface area (Å²) in [5.41, 5.74) is -2.18. The number of carbonyl (C=O) groups excluding carboxylic acids is 2. The molecule has 3 atom stereocenters. The van der Waals surface area contributed by atoms with E-state index in [4.69, 9.17) is 4.74 Å². The third-order valence-electron chi connectivity index (χ3n) is 7.71. The zero-order valence-electron chi connectivity index (χ0n) is 21.3. The number of likely N-dealkylation sites (tertiary alicyclic amines) is 1. The molecule has 3 heterocycles. The van der Waals surface area contributed by atoms with Crippen molar-refractivity contribution in [3.05, 3.63) is 29.8 Å². The third kappa shape index (κ3) is 5.47. The lowest BCUT2D eigenvalue weighted by molar-refractivity contribution is -0.270. The number of alkyl halides is 3. The molecule has 1 saturated heterocycles. The van der Waals surface area contributed by atoms with Crippen molar-refractivity contribution in [3.63, 3.8) is 0 Å². The lowest BCUT2D eigenvalue weighted by Crippen LogP contribution is -2.54. The number of methoxy groups -OCH3 is 1. The van der Waals surface area contributed by atoms with Crippen LogP contribution in [0.25, 0.3) is 11.3 Å². The number of piperidine rings is 1. The van der Waals surface area contributed by atoms with Gasteiger partial charge in [-0.15, -0.1) is 0 Å². The molecule has 2 aromatic rings. The maximum atomic E-state index is 14.3. The Morgan fingerprint density at radius 2 is 1.92 bits per heavy atom. The molecule has 1 saturated carbocycles. The average molecular weight is 542 g/mol. The number of pyridine rings is 1. The molecule has 2 amide bonds. The summed E-state index contributed by atoms with van der Waals surface area (Å²) in [5, 5.41) is 19.4. The van der Waals surface area contributed by atoms with E-state index in [1.807, 2.05) is 13.8 Å². The lowest BCUT2D eigenvalue weighted by Gasteiger charge is -2.42. The maximum Gasteiger partial charge on any atom is 0.417 e. The highest BCUT2D eigenvalue weighted by Gasteiger charge is 2.54. The van der Waals surface area contributed by atoms with Crippen LogP contribution in [0, 0.1) is 17.7 Å². The number of H-pyrrole nitrogens is 1. The normalized spacial score (nSPS) is 28.2. The number of ether oxygens (including phenoxy) is 1. The minimum atomic E-state index is -4.69. The summed E-state index contributed by atoms with van der Waals surface area (Å²) in [6.07, 6.45) is -4.15. The number of aromatic nitrogens is 3. The molecule has 1 aliphatic heterocycles. The molecule has 13 heteroatoms. The third-order valence-corrected chi connectivity index (χ3v) is 7.71. The van der Waals surface area contributed by atoms with Crippen LogP contribution in [0.5, 0.6) is 5.88 Å².